The molecule has 1 aromatic heterocycles. The molecule has 1 aromatic carbocycles. The first-order chi connectivity index (χ1) is 12.9. The lowest BCUT2D eigenvalue weighted by atomic mass is 9.91. The lowest BCUT2D eigenvalue weighted by Crippen LogP contribution is -2.38. The van der Waals surface area contributed by atoms with Gasteiger partial charge in [-0.2, -0.15) is 0 Å². The quantitative estimate of drug-likeness (QED) is 0.769. The fourth-order valence-corrected chi connectivity index (χ4v) is 5.09. The van der Waals surface area contributed by atoms with E-state index in [-0.39, 0.29) is 11.5 Å². The summed E-state index contributed by atoms with van der Waals surface area (Å²) in [4.78, 5) is 16.2. The molecule has 0 saturated carbocycles. The van der Waals surface area contributed by atoms with Crippen LogP contribution in [0.25, 0.3) is 6.08 Å². The van der Waals surface area contributed by atoms with Crippen LogP contribution in [-0.4, -0.2) is 28.9 Å². The van der Waals surface area contributed by atoms with Crippen LogP contribution in [0.3, 0.4) is 0 Å². The van der Waals surface area contributed by atoms with Gasteiger partial charge in [-0.25, -0.2) is 0 Å². The molecule has 2 aromatic rings. The number of nitrogens with zero attached hydrogens (tertiary/aromatic N) is 1. The largest absolute Gasteiger partial charge is 0.507 e. The first kappa shape index (κ1) is 18.3. The van der Waals surface area contributed by atoms with E-state index in [4.69, 9.17) is 4.74 Å². The van der Waals surface area contributed by atoms with Crippen LogP contribution in [-0.2, 0) is 6.54 Å². The van der Waals surface area contributed by atoms with Crippen molar-refractivity contribution in [1.82, 2.24) is 4.90 Å². The van der Waals surface area contributed by atoms with E-state index in [2.05, 4.69) is 18.7 Å². The second-order valence-corrected chi connectivity index (χ2v) is 8.94. The molecule has 4 nitrogen and oxygen atoms in total. The number of carbonyl (C=O) groups excluding carboxylic acids is 1. The Labute approximate surface area is 164 Å². The van der Waals surface area contributed by atoms with Crippen molar-refractivity contribution in [2.45, 2.75) is 33.7 Å². The predicted octanol–water partition coefficient (Wildman–Crippen LogP) is 4.86. The van der Waals surface area contributed by atoms with Gasteiger partial charge in [-0.05, 0) is 54.3 Å². The number of benzene rings is 1. The molecule has 3 heterocycles. The zero-order chi connectivity index (χ0) is 19.1. The molecule has 0 amide bonds. The number of aromatic hydroxyl groups is 1. The number of hydrogen-bond acceptors (Lipinski definition) is 5. The second-order valence-electron chi connectivity index (χ2n) is 7.99. The van der Waals surface area contributed by atoms with E-state index < -0.39 is 0 Å². The van der Waals surface area contributed by atoms with Crippen molar-refractivity contribution in [1.29, 1.82) is 0 Å². The average molecular weight is 384 g/mol. The average Bonchev–Trinajstić information content (AvgIpc) is 3.14. The van der Waals surface area contributed by atoms with E-state index in [1.54, 1.807) is 23.5 Å². The number of carbonyl (C=O) groups is 1. The topological polar surface area (TPSA) is 49.8 Å². The third-order valence-electron chi connectivity index (χ3n) is 5.41. The maximum Gasteiger partial charge on any atom is 0.232 e. The summed E-state index contributed by atoms with van der Waals surface area (Å²) in [6.07, 6.45) is 3.05. The Morgan fingerprint density at radius 2 is 2.00 bits per heavy atom. The molecule has 0 unspecified atom stereocenters. The van der Waals surface area contributed by atoms with Crippen LogP contribution in [0.2, 0.25) is 0 Å². The molecule has 27 heavy (non-hydrogen) atoms. The highest BCUT2D eigenvalue weighted by Gasteiger charge is 2.32. The number of thiophene rings is 1. The van der Waals surface area contributed by atoms with Crippen LogP contribution >= 0.6 is 11.3 Å². The zero-order valence-corrected chi connectivity index (χ0v) is 16.8. The van der Waals surface area contributed by atoms with Gasteiger partial charge in [0.2, 0.25) is 5.78 Å². The summed E-state index contributed by atoms with van der Waals surface area (Å²) in [7, 11) is 0. The van der Waals surface area contributed by atoms with Gasteiger partial charge in [0.15, 0.2) is 5.76 Å². The summed E-state index contributed by atoms with van der Waals surface area (Å²) in [6, 6.07) is 5.31. The highest BCUT2D eigenvalue weighted by Crippen LogP contribution is 2.41. The smallest absolute Gasteiger partial charge is 0.232 e. The van der Waals surface area contributed by atoms with E-state index in [0.717, 1.165) is 23.5 Å². The standard InChI is InChI=1S/C22H25NO3S/c1-13-8-14(2)11-23(10-13)12-17-18(24)5-4-16-21(25)19(26-22(16)17)9-20-15(3)6-7-27-20/h4-7,9,13-14,24H,8,10-12H2,1-3H3/b19-9-/t13-,14+. The maximum absolute atomic E-state index is 12.8. The van der Waals surface area contributed by atoms with Crippen molar-refractivity contribution < 1.29 is 14.6 Å². The Balaban J connectivity index is 1.65. The normalized spacial score (nSPS) is 24.3. The summed E-state index contributed by atoms with van der Waals surface area (Å²) in [5, 5.41) is 12.5. The molecule has 0 bridgehead atoms. The van der Waals surface area contributed by atoms with Gasteiger partial charge in [-0.1, -0.05) is 13.8 Å². The van der Waals surface area contributed by atoms with Gasteiger partial charge in [0.05, 0.1) is 11.1 Å². The molecule has 0 aliphatic carbocycles. The predicted molar refractivity (Wildman–Crippen MR) is 108 cm³/mol. The Bertz CT molecular complexity index is 904. The number of phenols is 1. The Morgan fingerprint density at radius 1 is 1.26 bits per heavy atom. The molecule has 1 fully saturated rings. The molecule has 4 rings (SSSR count). The number of piperidine rings is 1. The van der Waals surface area contributed by atoms with Gasteiger partial charge in [-0.15, -0.1) is 11.3 Å². The molecule has 2 aliphatic rings. The second kappa shape index (κ2) is 7.13. The lowest BCUT2D eigenvalue weighted by Gasteiger charge is -2.35. The van der Waals surface area contributed by atoms with Crippen LogP contribution in [0.1, 0.15) is 46.6 Å². The monoisotopic (exact) mass is 383 g/mol. The molecule has 142 valence electrons. The van der Waals surface area contributed by atoms with Crippen molar-refractivity contribution in [2.75, 3.05) is 13.1 Å². The third kappa shape index (κ3) is 3.54. The summed E-state index contributed by atoms with van der Waals surface area (Å²) in [5.74, 6) is 2.20. The minimum atomic E-state index is -0.112. The molecule has 5 heteroatoms. The van der Waals surface area contributed by atoms with Crippen LogP contribution < -0.4 is 4.74 Å². The van der Waals surface area contributed by atoms with Crippen molar-refractivity contribution in [2.24, 2.45) is 11.8 Å². The molecule has 0 spiro atoms. The third-order valence-corrected chi connectivity index (χ3v) is 6.37. The Kier molecular flexibility index (Phi) is 4.82. The number of aryl methyl sites for hydroxylation is 1. The molecular weight excluding hydrogens is 358 g/mol. The SMILES string of the molecule is Cc1ccsc1/C=C1\Oc2c(ccc(O)c2CN2C[C@H](C)C[C@H](C)C2)C1=O. The molecule has 2 aliphatic heterocycles. The highest BCUT2D eigenvalue weighted by molar-refractivity contribution is 7.11. The molecule has 1 N–H and O–H groups in total. The number of hydrogen-bond donors (Lipinski definition) is 1. The Morgan fingerprint density at radius 3 is 2.67 bits per heavy atom. The van der Waals surface area contributed by atoms with Crippen LogP contribution in [0.15, 0.2) is 29.3 Å². The van der Waals surface area contributed by atoms with Gasteiger partial charge in [0.1, 0.15) is 11.5 Å². The van der Waals surface area contributed by atoms with Gasteiger partial charge in [0.25, 0.3) is 0 Å². The maximum atomic E-state index is 12.8. The van der Waals surface area contributed by atoms with Crippen molar-refractivity contribution in [3.8, 4) is 11.5 Å². The summed E-state index contributed by atoms with van der Waals surface area (Å²) in [6.45, 7) is 9.15. The van der Waals surface area contributed by atoms with E-state index in [9.17, 15) is 9.90 Å². The summed E-state index contributed by atoms with van der Waals surface area (Å²) in [5.41, 5.74) is 2.38. The fraction of sp³-hybridized carbons (Fsp3) is 0.409. The van der Waals surface area contributed by atoms with Crippen molar-refractivity contribution in [3.63, 3.8) is 0 Å². The van der Waals surface area contributed by atoms with Gasteiger partial charge in [0, 0.05) is 30.6 Å². The highest BCUT2D eigenvalue weighted by atomic mass is 32.1. The number of ether oxygens (including phenoxy) is 1. The van der Waals surface area contributed by atoms with Gasteiger partial charge in [-0.3, -0.25) is 9.69 Å². The summed E-state index contributed by atoms with van der Waals surface area (Å²) >= 11 is 1.59. The molecule has 1 saturated heterocycles. The van der Waals surface area contributed by atoms with Gasteiger partial charge < -0.3 is 9.84 Å². The Hall–Kier alpha value is -2.11. The van der Waals surface area contributed by atoms with Crippen LogP contribution in [0, 0.1) is 18.8 Å². The van der Waals surface area contributed by atoms with E-state index in [0.29, 0.717) is 41.0 Å². The van der Waals surface area contributed by atoms with E-state index in [1.807, 2.05) is 24.4 Å². The van der Waals surface area contributed by atoms with Gasteiger partial charge >= 0.3 is 0 Å². The number of likely N-dealkylation sites (tertiary alicyclic amines) is 1. The lowest BCUT2D eigenvalue weighted by molar-refractivity contribution is 0.101. The first-order valence-corrected chi connectivity index (χ1v) is 10.4. The van der Waals surface area contributed by atoms with Crippen molar-refractivity contribution in [3.05, 3.63) is 50.9 Å². The minimum Gasteiger partial charge on any atom is -0.507 e. The van der Waals surface area contributed by atoms with Crippen LogP contribution in [0.5, 0.6) is 11.5 Å². The number of ketones is 1. The molecular formula is C22H25NO3S. The number of phenolic OH excluding ortho intramolecular Hbond substituents is 1. The minimum absolute atomic E-state index is 0.112. The van der Waals surface area contributed by atoms with E-state index >= 15 is 0 Å². The summed E-state index contributed by atoms with van der Waals surface area (Å²) < 4.78 is 5.99. The molecule has 0 radical (unpaired) electrons. The fourth-order valence-electron chi connectivity index (χ4n) is 4.25. The number of fused-ring (bicyclic) bond motifs is 1. The number of rotatable bonds is 3. The number of Topliss-reactive ketones (excluding diaryl/α,β-unsaturated/α-hetero) is 1. The van der Waals surface area contributed by atoms with Crippen LogP contribution in [0.4, 0.5) is 0 Å². The molecule has 2 atom stereocenters. The van der Waals surface area contributed by atoms with Crippen molar-refractivity contribution >= 4 is 23.2 Å². The number of allylic oxidation sites excluding steroid dienone is 1. The first-order valence-electron chi connectivity index (χ1n) is 9.48. The van der Waals surface area contributed by atoms with E-state index in [1.165, 1.54) is 6.42 Å². The zero-order valence-electron chi connectivity index (χ0n) is 16.0.